The molecule has 0 unspecified atom stereocenters. The van der Waals surface area contributed by atoms with Gasteiger partial charge in [-0.3, -0.25) is 4.40 Å². The average Bonchev–Trinajstić information content (AvgIpc) is 3.12. The summed E-state index contributed by atoms with van der Waals surface area (Å²) in [6.45, 7) is 4.15. The normalized spacial score (nSPS) is 11.2. The van der Waals surface area contributed by atoms with Gasteiger partial charge in [0.05, 0.1) is 16.4 Å². The number of aromatic nitrogens is 3. The van der Waals surface area contributed by atoms with E-state index in [0.29, 0.717) is 0 Å². The molecule has 3 aromatic heterocycles. The molecule has 4 heteroatoms. The molecule has 3 heterocycles. The van der Waals surface area contributed by atoms with E-state index >= 15 is 0 Å². The summed E-state index contributed by atoms with van der Waals surface area (Å²) in [7, 11) is 0. The van der Waals surface area contributed by atoms with Crippen LogP contribution in [-0.4, -0.2) is 14.4 Å². The topological polar surface area (TPSA) is 30.2 Å². The molecule has 0 spiro atoms. The van der Waals surface area contributed by atoms with Crippen molar-refractivity contribution < 1.29 is 0 Å². The summed E-state index contributed by atoms with van der Waals surface area (Å²) in [5.74, 6) is 0. The first-order valence-corrected chi connectivity index (χ1v) is 8.53. The lowest BCUT2D eigenvalue weighted by atomic mass is 10.1. The Morgan fingerprint density at radius 1 is 1.00 bits per heavy atom. The number of rotatable bonds is 3. The zero-order valence-electron chi connectivity index (χ0n) is 13.2. The molecule has 0 bridgehead atoms. The fraction of sp³-hybridized carbons (Fsp3) is 0.158. The third-order valence-electron chi connectivity index (χ3n) is 3.97. The quantitative estimate of drug-likeness (QED) is 0.549. The molecule has 4 aromatic rings. The lowest BCUT2D eigenvalue weighted by Gasteiger charge is -2.00. The molecule has 0 N–H and O–H groups in total. The second-order valence-corrected chi connectivity index (χ2v) is 6.71. The molecular formula is C19H17N3S. The van der Waals surface area contributed by atoms with E-state index in [1.807, 2.05) is 31.3 Å². The minimum Gasteiger partial charge on any atom is -0.298 e. The number of thiazole rings is 1. The van der Waals surface area contributed by atoms with E-state index in [4.69, 9.17) is 4.98 Å². The van der Waals surface area contributed by atoms with Gasteiger partial charge in [-0.05, 0) is 31.5 Å². The van der Waals surface area contributed by atoms with Gasteiger partial charge in [-0.25, -0.2) is 9.97 Å². The van der Waals surface area contributed by atoms with Gasteiger partial charge in [-0.1, -0.05) is 35.9 Å². The Bertz CT molecular complexity index is 964. The van der Waals surface area contributed by atoms with Crippen molar-refractivity contribution in [3.63, 3.8) is 0 Å². The van der Waals surface area contributed by atoms with Crippen LogP contribution in [0, 0.1) is 13.8 Å². The molecule has 0 aliphatic heterocycles. The lowest BCUT2D eigenvalue weighted by molar-refractivity contribution is 1.11. The second-order valence-electron chi connectivity index (χ2n) is 5.76. The monoisotopic (exact) mass is 319 g/mol. The van der Waals surface area contributed by atoms with Crippen LogP contribution in [0.15, 0.2) is 54.0 Å². The number of aryl methyl sites for hydroxylation is 2. The highest BCUT2D eigenvalue weighted by Crippen LogP contribution is 2.27. The zero-order valence-corrected chi connectivity index (χ0v) is 14.0. The van der Waals surface area contributed by atoms with Gasteiger partial charge >= 0.3 is 0 Å². The summed E-state index contributed by atoms with van der Waals surface area (Å²) in [5, 5.41) is 3.27. The SMILES string of the molecule is Cc1ccc(Cc2nc(-c3c(C)nc4ccccn34)cs2)cc1. The highest BCUT2D eigenvalue weighted by atomic mass is 32.1. The Morgan fingerprint density at radius 3 is 2.65 bits per heavy atom. The standard InChI is InChI=1S/C19H17N3S/c1-13-6-8-15(9-7-13)11-18-21-16(12-23-18)19-14(2)20-17-5-3-4-10-22(17)19/h3-10,12H,11H2,1-2H3. The molecule has 114 valence electrons. The molecule has 0 saturated heterocycles. The van der Waals surface area contributed by atoms with Crippen LogP contribution in [0.1, 0.15) is 21.8 Å². The summed E-state index contributed by atoms with van der Waals surface area (Å²) in [5.41, 5.74) is 6.66. The first kappa shape index (κ1) is 14.2. The molecule has 0 radical (unpaired) electrons. The van der Waals surface area contributed by atoms with E-state index in [2.05, 4.69) is 46.0 Å². The Balaban J connectivity index is 1.69. The summed E-state index contributed by atoms with van der Waals surface area (Å²) in [6.07, 6.45) is 2.92. The first-order chi connectivity index (χ1) is 11.2. The average molecular weight is 319 g/mol. The van der Waals surface area contributed by atoms with Crippen LogP contribution in [0.5, 0.6) is 0 Å². The van der Waals surface area contributed by atoms with Crippen molar-refractivity contribution in [3.8, 4) is 11.4 Å². The van der Waals surface area contributed by atoms with Gasteiger partial charge in [-0.15, -0.1) is 11.3 Å². The predicted molar refractivity (Wildman–Crippen MR) is 95.0 cm³/mol. The number of nitrogens with zero attached hydrogens (tertiary/aromatic N) is 3. The van der Waals surface area contributed by atoms with Crippen molar-refractivity contribution >= 4 is 17.0 Å². The van der Waals surface area contributed by atoms with E-state index in [1.54, 1.807) is 11.3 Å². The zero-order chi connectivity index (χ0) is 15.8. The van der Waals surface area contributed by atoms with Gasteiger partial charge in [0.25, 0.3) is 0 Å². The summed E-state index contributed by atoms with van der Waals surface area (Å²) in [4.78, 5) is 9.46. The number of pyridine rings is 1. The van der Waals surface area contributed by atoms with E-state index < -0.39 is 0 Å². The van der Waals surface area contributed by atoms with Crippen molar-refractivity contribution in [2.24, 2.45) is 0 Å². The van der Waals surface area contributed by atoms with Gasteiger partial charge in [0, 0.05) is 18.0 Å². The van der Waals surface area contributed by atoms with Gasteiger partial charge in [0.2, 0.25) is 0 Å². The first-order valence-electron chi connectivity index (χ1n) is 7.65. The number of hydrogen-bond acceptors (Lipinski definition) is 3. The maximum absolute atomic E-state index is 4.84. The van der Waals surface area contributed by atoms with Gasteiger partial charge < -0.3 is 0 Å². The Hall–Kier alpha value is -2.46. The third-order valence-corrected chi connectivity index (χ3v) is 4.82. The van der Waals surface area contributed by atoms with Crippen LogP contribution in [0.25, 0.3) is 17.0 Å². The summed E-state index contributed by atoms with van der Waals surface area (Å²) in [6, 6.07) is 14.7. The molecule has 0 aliphatic carbocycles. The van der Waals surface area contributed by atoms with Crippen molar-refractivity contribution in [1.82, 2.24) is 14.4 Å². The molecule has 0 amide bonds. The van der Waals surface area contributed by atoms with Gasteiger partial charge in [0.1, 0.15) is 11.3 Å². The molecule has 0 saturated carbocycles. The second kappa shape index (κ2) is 5.63. The number of benzene rings is 1. The molecule has 1 aromatic carbocycles. The predicted octanol–water partition coefficient (Wildman–Crippen LogP) is 4.67. The number of fused-ring (bicyclic) bond motifs is 1. The van der Waals surface area contributed by atoms with E-state index in [1.165, 1.54) is 11.1 Å². The van der Waals surface area contributed by atoms with Crippen molar-refractivity contribution in [3.05, 3.63) is 75.9 Å². The molecule has 0 fully saturated rings. The van der Waals surface area contributed by atoms with E-state index in [-0.39, 0.29) is 0 Å². The van der Waals surface area contributed by atoms with Crippen LogP contribution in [0.3, 0.4) is 0 Å². The molecule has 4 rings (SSSR count). The van der Waals surface area contributed by atoms with E-state index in [0.717, 1.165) is 34.2 Å². The minimum absolute atomic E-state index is 0.876. The van der Waals surface area contributed by atoms with Crippen molar-refractivity contribution in [1.29, 1.82) is 0 Å². The lowest BCUT2D eigenvalue weighted by Crippen LogP contribution is -1.91. The van der Waals surface area contributed by atoms with Crippen LogP contribution >= 0.6 is 11.3 Å². The summed E-state index contributed by atoms with van der Waals surface area (Å²) >= 11 is 1.71. The number of imidazole rings is 1. The highest BCUT2D eigenvalue weighted by Gasteiger charge is 2.13. The van der Waals surface area contributed by atoms with Crippen LogP contribution in [0.2, 0.25) is 0 Å². The van der Waals surface area contributed by atoms with Gasteiger partial charge in [-0.2, -0.15) is 0 Å². The minimum atomic E-state index is 0.876. The molecule has 23 heavy (non-hydrogen) atoms. The maximum Gasteiger partial charge on any atom is 0.137 e. The molecule has 0 atom stereocenters. The molecular weight excluding hydrogens is 302 g/mol. The smallest absolute Gasteiger partial charge is 0.137 e. The highest BCUT2D eigenvalue weighted by molar-refractivity contribution is 7.10. The summed E-state index contributed by atoms with van der Waals surface area (Å²) < 4.78 is 2.11. The van der Waals surface area contributed by atoms with Crippen molar-refractivity contribution in [2.75, 3.05) is 0 Å². The van der Waals surface area contributed by atoms with Gasteiger partial charge in [0.15, 0.2) is 0 Å². The van der Waals surface area contributed by atoms with Crippen LogP contribution in [-0.2, 0) is 6.42 Å². The largest absolute Gasteiger partial charge is 0.298 e. The third kappa shape index (κ3) is 2.66. The van der Waals surface area contributed by atoms with E-state index in [9.17, 15) is 0 Å². The fourth-order valence-electron chi connectivity index (χ4n) is 2.80. The number of hydrogen-bond donors (Lipinski definition) is 0. The van der Waals surface area contributed by atoms with Crippen LogP contribution < -0.4 is 0 Å². The Labute approximate surface area is 139 Å². The maximum atomic E-state index is 4.84. The Morgan fingerprint density at radius 2 is 1.83 bits per heavy atom. The van der Waals surface area contributed by atoms with Crippen molar-refractivity contribution in [2.45, 2.75) is 20.3 Å². The van der Waals surface area contributed by atoms with Crippen LogP contribution in [0.4, 0.5) is 0 Å². The Kier molecular flexibility index (Phi) is 3.46. The molecule has 0 aliphatic rings. The fourth-order valence-corrected chi connectivity index (χ4v) is 3.62. The molecule has 3 nitrogen and oxygen atoms in total.